The van der Waals surface area contributed by atoms with E-state index in [0.717, 1.165) is 5.69 Å². The molecule has 2 aromatic heterocycles. The van der Waals surface area contributed by atoms with E-state index in [9.17, 15) is 4.79 Å². The highest BCUT2D eigenvalue weighted by molar-refractivity contribution is 7.10. The summed E-state index contributed by atoms with van der Waals surface area (Å²) in [5, 5.41) is 6.01. The van der Waals surface area contributed by atoms with Crippen molar-refractivity contribution in [3.63, 3.8) is 0 Å². The minimum atomic E-state index is 0.669. The molecule has 2 heterocycles. The van der Waals surface area contributed by atoms with Gasteiger partial charge in [-0.15, -0.1) is 11.3 Å². The van der Waals surface area contributed by atoms with Gasteiger partial charge >= 0.3 is 0 Å². The third-order valence-electron chi connectivity index (χ3n) is 1.70. The molecule has 2 aromatic rings. The zero-order valence-electron chi connectivity index (χ0n) is 7.33. The van der Waals surface area contributed by atoms with Crippen LogP contribution in [-0.4, -0.2) is 16.2 Å². The normalized spacial score (nSPS) is 10.9. The third kappa shape index (κ3) is 1.97. The average molecular weight is 204 g/mol. The van der Waals surface area contributed by atoms with Gasteiger partial charge in [-0.1, -0.05) is 6.07 Å². The van der Waals surface area contributed by atoms with Crippen molar-refractivity contribution < 1.29 is 4.79 Å². The Hall–Kier alpha value is -1.68. The van der Waals surface area contributed by atoms with Gasteiger partial charge < -0.3 is 0 Å². The quantitative estimate of drug-likeness (QED) is 0.718. The highest BCUT2D eigenvalue weighted by Crippen LogP contribution is 2.12. The summed E-state index contributed by atoms with van der Waals surface area (Å²) >= 11 is 1.66. The molecule has 0 fully saturated rings. The lowest BCUT2D eigenvalue weighted by atomic mass is 10.3. The molecule has 0 spiro atoms. The maximum Gasteiger partial charge on any atom is 0.234 e. The smallest absolute Gasteiger partial charge is 0.234 e. The van der Waals surface area contributed by atoms with Crippen LogP contribution in [0.15, 0.2) is 29.8 Å². The summed E-state index contributed by atoms with van der Waals surface area (Å²) in [4.78, 5) is 11.5. The van der Waals surface area contributed by atoms with Crippen LogP contribution in [0.5, 0.6) is 0 Å². The molecule has 0 aliphatic rings. The van der Waals surface area contributed by atoms with E-state index in [2.05, 4.69) is 5.10 Å². The predicted molar refractivity (Wildman–Crippen MR) is 57.6 cm³/mol. The fourth-order valence-electron chi connectivity index (χ4n) is 1.05. The minimum Gasteiger partial charge on any atom is -0.276 e. The van der Waals surface area contributed by atoms with Crippen LogP contribution >= 0.6 is 11.3 Å². The summed E-state index contributed by atoms with van der Waals surface area (Å²) in [7, 11) is 0. The van der Waals surface area contributed by atoms with Gasteiger partial charge in [0.15, 0.2) is 0 Å². The molecule has 0 aliphatic heterocycles. The Morgan fingerprint density at radius 2 is 2.29 bits per heavy atom. The number of rotatable bonds is 3. The number of aromatic nitrogens is 2. The van der Waals surface area contributed by atoms with E-state index in [0.29, 0.717) is 6.41 Å². The molecule has 0 aromatic carbocycles. The van der Waals surface area contributed by atoms with Crippen molar-refractivity contribution in [2.45, 2.75) is 0 Å². The number of hydrogen-bond donors (Lipinski definition) is 0. The fraction of sp³-hybridized carbons (Fsp3) is 0. The van der Waals surface area contributed by atoms with E-state index in [-0.39, 0.29) is 0 Å². The molecule has 3 nitrogen and oxygen atoms in total. The molecule has 14 heavy (non-hydrogen) atoms. The van der Waals surface area contributed by atoms with Crippen molar-refractivity contribution in [1.82, 2.24) is 9.78 Å². The number of hydrogen-bond acceptors (Lipinski definition) is 3. The van der Waals surface area contributed by atoms with Crippen molar-refractivity contribution in [1.29, 1.82) is 0 Å². The topological polar surface area (TPSA) is 34.9 Å². The van der Waals surface area contributed by atoms with Gasteiger partial charge in [-0.3, -0.25) is 4.79 Å². The van der Waals surface area contributed by atoms with E-state index in [1.165, 1.54) is 9.56 Å². The minimum absolute atomic E-state index is 0.669. The average Bonchev–Trinajstić information content (AvgIpc) is 2.86. The number of thiophene rings is 1. The van der Waals surface area contributed by atoms with Crippen LogP contribution < -0.4 is 0 Å². The Bertz CT molecular complexity index is 442. The lowest BCUT2D eigenvalue weighted by Gasteiger charge is -1.83. The maximum atomic E-state index is 10.3. The molecule has 4 heteroatoms. The Morgan fingerprint density at radius 1 is 1.36 bits per heavy atom. The van der Waals surface area contributed by atoms with Crippen molar-refractivity contribution in [2.24, 2.45) is 0 Å². The van der Waals surface area contributed by atoms with E-state index < -0.39 is 0 Å². The third-order valence-corrected chi connectivity index (χ3v) is 2.54. The second-order valence-corrected chi connectivity index (χ2v) is 3.65. The van der Waals surface area contributed by atoms with Gasteiger partial charge in [0.2, 0.25) is 6.41 Å². The van der Waals surface area contributed by atoms with Gasteiger partial charge in [0.05, 0.1) is 5.69 Å². The molecule has 2 rings (SSSR count). The summed E-state index contributed by atoms with van der Waals surface area (Å²) in [5.74, 6) is 0. The van der Waals surface area contributed by atoms with E-state index >= 15 is 0 Å². The Morgan fingerprint density at radius 3 is 2.93 bits per heavy atom. The first-order valence-corrected chi connectivity index (χ1v) is 4.98. The zero-order chi connectivity index (χ0) is 9.80. The van der Waals surface area contributed by atoms with Crippen LogP contribution in [-0.2, 0) is 4.79 Å². The molecular weight excluding hydrogens is 196 g/mol. The van der Waals surface area contributed by atoms with Gasteiger partial charge in [0, 0.05) is 11.1 Å². The first-order valence-electron chi connectivity index (χ1n) is 4.10. The molecule has 70 valence electrons. The second kappa shape index (κ2) is 4.02. The molecule has 0 radical (unpaired) electrons. The summed E-state index contributed by atoms with van der Waals surface area (Å²) in [6, 6.07) is 5.81. The first-order chi connectivity index (χ1) is 6.88. The highest BCUT2D eigenvalue weighted by Gasteiger charge is 1.92. The van der Waals surface area contributed by atoms with Crippen LogP contribution in [0.2, 0.25) is 0 Å². The summed E-state index contributed by atoms with van der Waals surface area (Å²) in [6.07, 6.45) is 6.15. The number of carbonyl (C=O) groups excluding carboxylic acids is 1. The second-order valence-electron chi connectivity index (χ2n) is 2.67. The van der Waals surface area contributed by atoms with Crippen LogP contribution in [0.25, 0.3) is 12.2 Å². The number of carbonyl (C=O) groups is 1. The van der Waals surface area contributed by atoms with Crippen LogP contribution in [0.1, 0.15) is 10.6 Å². The SMILES string of the molecule is O=Cn1ccc(/C=C/c2cccs2)n1. The van der Waals surface area contributed by atoms with Crippen LogP contribution in [0, 0.1) is 0 Å². The summed E-state index contributed by atoms with van der Waals surface area (Å²) in [6.45, 7) is 0. The van der Waals surface area contributed by atoms with Crippen molar-refractivity contribution in [3.05, 3.63) is 40.3 Å². The van der Waals surface area contributed by atoms with Crippen LogP contribution in [0.3, 0.4) is 0 Å². The van der Waals surface area contributed by atoms with Gasteiger partial charge in [-0.2, -0.15) is 5.10 Å². The Labute approximate surface area is 85.3 Å². The fourth-order valence-corrected chi connectivity index (χ4v) is 1.67. The first kappa shape index (κ1) is 8.90. The number of nitrogens with zero attached hydrogens (tertiary/aromatic N) is 2. The molecule has 0 amide bonds. The molecule has 0 atom stereocenters. The largest absolute Gasteiger partial charge is 0.276 e. The Kier molecular flexibility index (Phi) is 2.55. The van der Waals surface area contributed by atoms with E-state index in [1.807, 2.05) is 29.7 Å². The molecule has 0 unspecified atom stereocenters. The van der Waals surface area contributed by atoms with Gasteiger partial charge in [0.1, 0.15) is 0 Å². The molecule has 0 saturated heterocycles. The monoisotopic (exact) mass is 204 g/mol. The van der Waals surface area contributed by atoms with Crippen LogP contribution in [0.4, 0.5) is 0 Å². The highest BCUT2D eigenvalue weighted by atomic mass is 32.1. The summed E-state index contributed by atoms with van der Waals surface area (Å²) in [5.41, 5.74) is 0.783. The van der Waals surface area contributed by atoms with Crippen molar-refractivity contribution in [2.75, 3.05) is 0 Å². The Balaban J connectivity index is 2.14. The molecule has 0 saturated carbocycles. The molecule has 0 bridgehead atoms. The van der Waals surface area contributed by atoms with E-state index in [4.69, 9.17) is 0 Å². The molecular formula is C10H8N2OS. The van der Waals surface area contributed by atoms with E-state index in [1.54, 1.807) is 23.6 Å². The summed E-state index contributed by atoms with van der Waals surface area (Å²) < 4.78 is 1.24. The van der Waals surface area contributed by atoms with Gasteiger partial charge in [0.25, 0.3) is 0 Å². The zero-order valence-corrected chi connectivity index (χ0v) is 8.15. The predicted octanol–water partition coefficient (Wildman–Crippen LogP) is 2.15. The molecule has 0 aliphatic carbocycles. The lowest BCUT2D eigenvalue weighted by Crippen LogP contribution is -1.93. The lowest BCUT2D eigenvalue weighted by molar-refractivity contribution is 0.540. The maximum absolute atomic E-state index is 10.3. The van der Waals surface area contributed by atoms with Crippen molar-refractivity contribution in [3.8, 4) is 0 Å². The molecule has 0 N–H and O–H groups in total. The van der Waals surface area contributed by atoms with Crippen molar-refractivity contribution >= 4 is 29.9 Å². The standard InChI is InChI=1S/C10H8N2OS/c13-8-12-6-5-9(11-12)3-4-10-2-1-7-14-10/h1-8H/b4-3+. The van der Waals surface area contributed by atoms with Gasteiger partial charge in [-0.05, 0) is 29.7 Å². The van der Waals surface area contributed by atoms with Gasteiger partial charge in [-0.25, -0.2) is 4.68 Å².